The van der Waals surface area contributed by atoms with Crippen molar-refractivity contribution in [1.82, 2.24) is 15.1 Å². The van der Waals surface area contributed by atoms with Gasteiger partial charge in [0.15, 0.2) is 0 Å². The Morgan fingerprint density at radius 1 is 1.41 bits per heavy atom. The highest BCUT2D eigenvalue weighted by molar-refractivity contribution is 7.99. The van der Waals surface area contributed by atoms with Crippen molar-refractivity contribution in [2.75, 3.05) is 51.3 Å². The third-order valence-corrected chi connectivity index (χ3v) is 4.10. The van der Waals surface area contributed by atoms with Crippen LogP contribution in [-0.2, 0) is 4.79 Å². The van der Waals surface area contributed by atoms with Crippen LogP contribution in [0.2, 0.25) is 0 Å². The molecule has 100 valence electrons. The Hall–Kier alpha value is -0.260. The molecule has 4 nitrogen and oxygen atoms in total. The molecule has 5 heteroatoms. The zero-order valence-electron chi connectivity index (χ0n) is 11.2. The molecule has 17 heavy (non-hydrogen) atoms. The van der Waals surface area contributed by atoms with Gasteiger partial charge in [0.25, 0.3) is 0 Å². The lowest BCUT2D eigenvalue weighted by Crippen LogP contribution is -2.42. The fraction of sp³-hybridized carbons (Fsp3) is 0.917. The van der Waals surface area contributed by atoms with E-state index in [1.165, 1.54) is 24.6 Å². The molecule has 0 aromatic carbocycles. The van der Waals surface area contributed by atoms with E-state index in [0.717, 1.165) is 13.1 Å². The second-order valence-electron chi connectivity index (χ2n) is 4.73. The van der Waals surface area contributed by atoms with Crippen LogP contribution >= 0.6 is 11.8 Å². The first kappa shape index (κ1) is 14.8. The van der Waals surface area contributed by atoms with Gasteiger partial charge in [-0.1, -0.05) is 0 Å². The quantitative estimate of drug-likeness (QED) is 0.704. The largest absolute Gasteiger partial charge is 0.342 e. The number of thioether (sulfide) groups is 1. The number of hydrogen-bond donors (Lipinski definition) is 1. The molecule has 1 N–H and O–H groups in total. The molecule has 0 aromatic rings. The number of rotatable bonds is 6. The lowest BCUT2D eigenvalue weighted by molar-refractivity contribution is -0.130. The van der Waals surface area contributed by atoms with E-state index < -0.39 is 0 Å². The molecule has 1 rings (SSSR count). The van der Waals surface area contributed by atoms with Crippen molar-refractivity contribution in [3.8, 4) is 0 Å². The average Bonchev–Trinajstić information content (AvgIpc) is 2.34. The molecule has 0 radical (unpaired) electrons. The summed E-state index contributed by atoms with van der Waals surface area (Å²) < 4.78 is 0. The first-order valence-electron chi connectivity index (χ1n) is 6.37. The van der Waals surface area contributed by atoms with E-state index in [1.54, 1.807) is 4.90 Å². The normalized spacial score (nSPS) is 17.4. The van der Waals surface area contributed by atoms with Gasteiger partial charge in [-0.2, -0.15) is 11.8 Å². The van der Waals surface area contributed by atoms with Crippen LogP contribution in [0.5, 0.6) is 0 Å². The SMILES string of the molecule is CC(C)N(C)C(=O)CNCCN1CCSCC1. The van der Waals surface area contributed by atoms with Gasteiger partial charge in [-0.3, -0.25) is 4.79 Å². The molecule has 1 fully saturated rings. The summed E-state index contributed by atoms with van der Waals surface area (Å²) in [4.78, 5) is 15.9. The zero-order valence-corrected chi connectivity index (χ0v) is 12.1. The molecular formula is C12H25N3OS. The second-order valence-corrected chi connectivity index (χ2v) is 5.95. The van der Waals surface area contributed by atoms with Gasteiger partial charge in [0.05, 0.1) is 6.54 Å². The van der Waals surface area contributed by atoms with E-state index in [1.807, 2.05) is 32.7 Å². The predicted molar refractivity (Wildman–Crippen MR) is 74.5 cm³/mol. The van der Waals surface area contributed by atoms with Crippen molar-refractivity contribution in [3.63, 3.8) is 0 Å². The van der Waals surface area contributed by atoms with E-state index >= 15 is 0 Å². The number of hydrogen-bond acceptors (Lipinski definition) is 4. The molecule has 1 aliphatic heterocycles. The predicted octanol–water partition coefficient (Wildman–Crippen LogP) is 0.492. The number of nitrogens with zero attached hydrogens (tertiary/aromatic N) is 2. The van der Waals surface area contributed by atoms with Crippen molar-refractivity contribution in [3.05, 3.63) is 0 Å². The Labute approximate surface area is 109 Å². The van der Waals surface area contributed by atoms with Gasteiger partial charge in [0, 0.05) is 50.8 Å². The van der Waals surface area contributed by atoms with Crippen molar-refractivity contribution in [1.29, 1.82) is 0 Å². The molecule has 0 atom stereocenters. The number of carbonyl (C=O) groups is 1. The Morgan fingerprint density at radius 3 is 2.65 bits per heavy atom. The van der Waals surface area contributed by atoms with Crippen LogP contribution in [-0.4, -0.2) is 73.0 Å². The molecule has 0 bridgehead atoms. The summed E-state index contributed by atoms with van der Waals surface area (Å²) in [6, 6.07) is 0.281. The van der Waals surface area contributed by atoms with Crippen LogP contribution in [0, 0.1) is 0 Å². The molecule has 0 saturated carbocycles. The van der Waals surface area contributed by atoms with Crippen LogP contribution in [0.4, 0.5) is 0 Å². The van der Waals surface area contributed by atoms with E-state index in [9.17, 15) is 4.79 Å². The molecule has 0 aliphatic carbocycles. The first-order valence-corrected chi connectivity index (χ1v) is 7.53. The van der Waals surface area contributed by atoms with Crippen molar-refractivity contribution in [2.24, 2.45) is 0 Å². The fourth-order valence-electron chi connectivity index (χ4n) is 1.67. The summed E-state index contributed by atoms with van der Waals surface area (Å²) in [7, 11) is 1.86. The summed E-state index contributed by atoms with van der Waals surface area (Å²) in [6.07, 6.45) is 0. The van der Waals surface area contributed by atoms with E-state index in [2.05, 4.69) is 10.2 Å². The molecule has 1 aliphatic rings. The molecule has 1 saturated heterocycles. The highest BCUT2D eigenvalue weighted by atomic mass is 32.2. The number of amides is 1. The van der Waals surface area contributed by atoms with Gasteiger partial charge in [-0.25, -0.2) is 0 Å². The third kappa shape index (κ3) is 5.75. The summed E-state index contributed by atoms with van der Waals surface area (Å²) >= 11 is 2.03. The fourth-order valence-corrected chi connectivity index (χ4v) is 2.65. The lowest BCUT2D eigenvalue weighted by atomic mass is 10.3. The Bertz CT molecular complexity index is 230. The topological polar surface area (TPSA) is 35.6 Å². The summed E-state index contributed by atoms with van der Waals surface area (Å²) in [5, 5.41) is 3.23. The molecule has 1 amide bonds. The lowest BCUT2D eigenvalue weighted by Gasteiger charge is -2.26. The van der Waals surface area contributed by atoms with Crippen molar-refractivity contribution >= 4 is 17.7 Å². The maximum Gasteiger partial charge on any atom is 0.236 e. The number of carbonyl (C=O) groups excluding carboxylic acids is 1. The Balaban J connectivity index is 2.05. The van der Waals surface area contributed by atoms with E-state index in [4.69, 9.17) is 0 Å². The Kier molecular flexibility index (Phi) is 6.92. The number of nitrogens with one attached hydrogen (secondary N) is 1. The third-order valence-electron chi connectivity index (χ3n) is 3.15. The van der Waals surface area contributed by atoms with Gasteiger partial charge in [-0.15, -0.1) is 0 Å². The van der Waals surface area contributed by atoms with E-state index in [-0.39, 0.29) is 11.9 Å². The maximum absolute atomic E-state index is 11.7. The van der Waals surface area contributed by atoms with Crippen LogP contribution in [0.3, 0.4) is 0 Å². The monoisotopic (exact) mass is 259 g/mol. The van der Waals surface area contributed by atoms with Gasteiger partial charge in [0.1, 0.15) is 0 Å². The minimum Gasteiger partial charge on any atom is -0.342 e. The van der Waals surface area contributed by atoms with Crippen molar-refractivity contribution < 1.29 is 4.79 Å². The van der Waals surface area contributed by atoms with Gasteiger partial charge in [-0.05, 0) is 13.8 Å². The van der Waals surface area contributed by atoms with Gasteiger partial charge < -0.3 is 15.1 Å². The second kappa shape index (κ2) is 7.95. The average molecular weight is 259 g/mol. The van der Waals surface area contributed by atoms with Crippen LogP contribution in [0.25, 0.3) is 0 Å². The van der Waals surface area contributed by atoms with Crippen LogP contribution < -0.4 is 5.32 Å². The molecular weight excluding hydrogens is 234 g/mol. The van der Waals surface area contributed by atoms with Gasteiger partial charge in [0.2, 0.25) is 5.91 Å². The molecule has 0 spiro atoms. The highest BCUT2D eigenvalue weighted by Gasteiger charge is 2.12. The highest BCUT2D eigenvalue weighted by Crippen LogP contribution is 2.07. The zero-order chi connectivity index (χ0) is 12.7. The van der Waals surface area contributed by atoms with Gasteiger partial charge >= 0.3 is 0 Å². The minimum absolute atomic E-state index is 0.175. The molecule has 0 unspecified atom stereocenters. The first-order chi connectivity index (χ1) is 8.11. The minimum atomic E-state index is 0.175. The van der Waals surface area contributed by atoms with E-state index in [0.29, 0.717) is 6.54 Å². The summed E-state index contributed by atoms with van der Waals surface area (Å²) in [6.45, 7) is 8.85. The summed E-state index contributed by atoms with van der Waals surface area (Å²) in [5.41, 5.74) is 0. The van der Waals surface area contributed by atoms with Crippen molar-refractivity contribution in [2.45, 2.75) is 19.9 Å². The Morgan fingerprint density at radius 2 is 2.06 bits per heavy atom. The standard InChI is InChI=1S/C12H25N3OS/c1-11(2)14(3)12(16)10-13-4-5-15-6-8-17-9-7-15/h11,13H,4-10H2,1-3H3. The smallest absolute Gasteiger partial charge is 0.236 e. The summed E-state index contributed by atoms with van der Waals surface area (Å²) in [5.74, 6) is 2.67. The number of likely N-dealkylation sites (N-methyl/N-ethyl adjacent to an activating group) is 1. The molecule has 0 aromatic heterocycles. The van der Waals surface area contributed by atoms with Crippen LogP contribution in [0.15, 0.2) is 0 Å². The van der Waals surface area contributed by atoms with Crippen LogP contribution in [0.1, 0.15) is 13.8 Å². The molecule has 1 heterocycles. The maximum atomic E-state index is 11.7.